The molecule has 2 rings (SSSR count). The van der Waals surface area contributed by atoms with Crippen molar-refractivity contribution < 1.29 is 0 Å². The van der Waals surface area contributed by atoms with Crippen molar-refractivity contribution in [2.45, 2.75) is 36.4 Å². The van der Waals surface area contributed by atoms with E-state index in [4.69, 9.17) is 5.73 Å². The highest BCUT2D eigenvalue weighted by Crippen LogP contribution is 2.28. The van der Waals surface area contributed by atoms with Gasteiger partial charge in [0.15, 0.2) is 0 Å². The van der Waals surface area contributed by atoms with E-state index in [1.807, 2.05) is 11.8 Å². The highest BCUT2D eigenvalue weighted by atomic mass is 32.2. The standard InChI is InChI=1S/C16H21NS2/c1-16(2,3)13-8-6-12(7-9-13)14(17)11-19-15-5-4-10-18-15/h4-10,14H,11,17H2,1-3H3. The lowest BCUT2D eigenvalue weighted by Crippen LogP contribution is -2.14. The van der Waals surface area contributed by atoms with Crippen LogP contribution in [0.15, 0.2) is 46.0 Å². The number of rotatable bonds is 4. The molecule has 2 N–H and O–H groups in total. The third kappa shape index (κ3) is 4.10. The zero-order valence-corrected chi connectivity index (χ0v) is 13.4. The van der Waals surface area contributed by atoms with Crippen LogP contribution in [0.4, 0.5) is 0 Å². The van der Waals surface area contributed by atoms with Gasteiger partial charge in [-0.1, -0.05) is 51.1 Å². The minimum atomic E-state index is 0.0983. The van der Waals surface area contributed by atoms with Gasteiger partial charge in [-0.15, -0.1) is 23.1 Å². The molecule has 0 radical (unpaired) electrons. The highest BCUT2D eigenvalue weighted by Gasteiger charge is 2.14. The van der Waals surface area contributed by atoms with Gasteiger partial charge in [0.2, 0.25) is 0 Å². The maximum Gasteiger partial charge on any atom is 0.0599 e. The Bertz CT molecular complexity index is 495. The average molecular weight is 291 g/mol. The Hall–Kier alpha value is -0.770. The van der Waals surface area contributed by atoms with Gasteiger partial charge in [0, 0.05) is 11.8 Å². The smallest absolute Gasteiger partial charge is 0.0599 e. The lowest BCUT2D eigenvalue weighted by molar-refractivity contribution is 0.589. The maximum absolute atomic E-state index is 6.25. The number of thiophene rings is 1. The Morgan fingerprint density at radius 3 is 2.37 bits per heavy atom. The van der Waals surface area contributed by atoms with Gasteiger partial charge in [0.1, 0.15) is 0 Å². The average Bonchev–Trinajstić information content (AvgIpc) is 2.88. The van der Waals surface area contributed by atoms with Crippen molar-refractivity contribution in [2.75, 3.05) is 5.75 Å². The topological polar surface area (TPSA) is 26.0 Å². The molecule has 3 heteroatoms. The molecule has 102 valence electrons. The van der Waals surface area contributed by atoms with E-state index in [0.29, 0.717) is 0 Å². The summed E-state index contributed by atoms with van der Waals surface area (Å²) < 4.78 is 1.33. The molecule has 2 aromatic rings. The van der Waals surface area contributed by atoms with Crippen LogP contribution in [0.25, 0.3) is 0 Å². The van der Waals surface area contributed by atoms with Crippen molar-refractivity contribution in [2.24, 2.45) is 5.73 Å². The van der Waals surface area contributed by atoms with E-state index in [-0.39, 0.29) is 11.5 Å². The second kappa shape index (κ2) is 6.12. The molecular weight excluding hydrogens is 270 g/mol. The van der Waals surface area contributed by atoms with Gasteiger partial charge in [0.25, 0.3) is 0 Å². The molecule has 0 saturated carbocycles. The first-order chi connectivity index (χ1) is 8.97. The molecule has 0 aliphatic carbocycles. The number of hydrogen-bond acceptors (Lipinski definition) is 3. The molecule has 0 saturated heterocycles. The van der Waals surface area contributed by atoms with Crippen molar-refractivity contribution in [3.8, 4) is 0 Å². The number of nitrogens with two attached hydrogens (primary N) is 1. The Labute approximate surface area is 124 Å². The molecule has 0 amide bonds. The van der Waals surface area contributed by atoms with E-state index in [0.717, 1.165) is 5.75 Å². The summed E-state index contributed by atoms with van der Waals surface area (Å²) >= 11 is 3.61. The normalized spacial score (nSPS) is 13.5. The van der Waals surface area contributed by atoms with Crippen molar-refractivity contribution in [1.82, 2.24) is 0 Å². The molecule has 1 nitrogen and oxygen atoms in total. The number of thioether (sulfide) groups is 1. The summed E-state index contributed by atoms with van der Waals surface area (Å²) in [5.74, 6) is 0.926. The second-order valence-electron chi connectivity index (χ2n) is 5.72. The zero-order chi connectivity index (χ0) is 13.9. The summed E-state index contributed by atoms with van der Waals surface area (Å²) in [6.45, 7) is 6.69. The van der Waals surface area contributed by atoms with Gasteiger partial charge in [-0.05, 0) is 28.0 Å². The maximum atomic E-state index is 6.25. The molecule has 0 aliphatic rings. The molecule has 1 aromatic carbocycles. The van der Waals surface area contributed by atoms with Gasteiger partial charge in [-0.2, -0.15) is 0 Å². The molecule has 0 aliphatic heterocycles. The molecule has 1 unspecified atom stereocenters. The van der Waals surface area contributed by atoms with Crippen molar-refractivity contribution >= 4 is 23.1 Å². The third-order valence-corrected chi connectivity index (χ3v) is 5.36. The Balaban J connectivity index is 1.97. The fourth-order valence-corrected chi connectivity index (χ4v) is 3.65. The minimum absolute atomic E-state index is 0.0983. The Morgan fingerprint density at radius 1 is 1.16 bits per heavy atom. The summed E-state index contributed by atoms with van der Waals surface area (Å²) in [5.41, 5.74) is 9.03. The van der Waals surface area contributed by atoms with Crippen LogP contribution < -0.4 is 5.73 Å². The fourth-order valence-electron chi connectivity index (χ4n) is 1.84. The second-order valence-corrected chi connectivity index (χ2v) is 7.99. The summed E-state index contributed by atoms with van der Waals surface area (Å²) in [7, 11) is 0. The number of hydrogen-bond donors (Lipinski definition) is 1. The molecule has 0 fully saturated rings. The van der Waals surface area contributed by atoms with Crippen LogP contribution in [0.1, 0.15) is 37.9 Å². The largest absolute Gasteiger partial charge is 0.323 e. The van der Waals surface area contributed by atoms with Gasteiger partial charge in [-0.3, -0.25) is 0 Å². The van der Waals surface area contributed by atoms with E-state index >= 15 is 0 Å². The molecule has 0 bridgehead atoms. The van der Waals surface area contributed by atoms with E-state index < -0.39 is 0 Å². The molecule has 19 heavy (non-hydrogen) atoms. The van der Waals surface area contributed by atoms with Crippen LogP contribution in [0.3, 0.4) is 0 Å². The third-order valence-electron chi connectivity index (χ3n) is 3.11. The van der Waals surface area contributed by atoms with E-state index in [1.165, 1.54) is 15.3 Å². The predicted octanol–water partition coefficient (Wildman–Crippen LogP) is 4.84. The highest BCUT2D eigenvalue weighted by molar-refractivity contribution is 8.01. The van der Waals surface area contributed by atoms with Crippen LogP contribution in [-0.4, -0.2) is 5.75 Å². The first kappa shape index (κ1) is 14.6. The SMILES string of the molecule is CC(C)(C)c1ccc(C(N)CSc2cccs2)cc1. The van der Waals surface area contributed by atoms with Crippen molar-refractivity contribution in [3.05, 3.63) is 52.9 Å². The van der Waals surface area contributed by atoms with Gasteiger partial charge in [0.05, 0.1) is 4.21 Å². The van der Waals surface area contributed by atoms with Crippen LogP contribution in [-0.2, 0) is 5.41 Å². The number of benzene rings is 1. The van der Waals surface area contributed by atoms with Gasteiger partial charge >= 0.3 is 0 Å². The molecule has 1 aromatic heterocycles. The summed E-state index contributed by atoms with van der Waals surface area (Å²) in [5, 5.41) is 2.10. The lowest BCUT2D eigenvalue weighted by atomic mass is 9.86. The van der Waals surface area contributed by atoms with Gasteiger partial charge < -0.3 is 5.73 Å². The Kier molecular flexibility index (Phi) is 4.71. The van der Waals surface area contributed by atoms with E-state index in [2.05, 4.69) is 62.5 Å². The van der Waals surface area contributed by atoms with Gasteiger partial charge in [-0.25, -0.2) is 0 Å². The predicted molar refractivity (Wildman–Crippen MR) is 87.1 cm³/mol. The van der Waals surface area contributed by atoms with E-state index in [9.17, 15) is 0 Å². The zero-order valence-electron chi connectivity index (χ0n) is 11.7. The van der Waals surface area contributed by atoms with Crippen LogP contribution in [0.2, 0.25) is 0 Å². The molecular formula is C16H21NS2. The summed E-state index contributed by atoms with van der Waals surface area (Å²) in [6, 6.07) is 13.1. The summed E-state index contributed by atoms with van der Waals surface area (Å²) in [4.78, 5) is 0. The van der Waals surface area contributed by atoms with E-state index in [1.54, 1.807) is 11.3 Å². The molecule has 1 atom stereocenters. The van der Waals surface area contributed by atoms with Crippen LogP contribution in [0.5, 0.6) is 0 Å². The van der Waals surface area contributed by atoms with Crippen LogP contribution >= 0.6 is 23.1 Å². The fraction of sp³-hybridized carbons (Fsp3) is 0.375. The summed E-state index contributed by atoms with van der Waals surface area (Å²) in [6.07, 6.45) is 0. The Morgan fingerprint density at radius 2 is 1.84 bits per heavy atom. The molecule has 0 spiro atoms. The monoisotopic (exact) mass is 291 g/mol. The minimum Gasteiger partial charge on any atom is -0.323 e. The lowest BCUT2D eigenvalue weighted by Gasteiger charge is -2.20. The van der Waals surface area contributed by atoms with Crippen LogP contribution in [0, 0.1) is 0 Å². The van der Waals surface area contributed by atoms with Crippen molar-refractivity contribution in [1.29, 1.82) is 0 Å². The van der Waals surface area contributed by atoms with Crippen molar-refractivity contribution in [3.63, 3.8) is 0 Å². The quantitative estimate of drug-likeness (QED) is 0.816. The first-order valence-electron chi connectivity index (χ1n) is 6.49. The molecule has 1 heterocycles. The first-order valence-corrected chi connectivity index (χ1v) is 8.35.